The van der Waals surface area contributed by atoms with Gasteiger partial charge in [-0.3, -0.25) is 4.98 Å². The zero-order valence-corrected chi connectivity index (χ0v) is 12.5. The second-order valence-corrected chi connectivity index (χ2v) is 5.74. The van der Waals surface area contributed by atoms with Gasteiger partial charge in [-0.25, -0.2) is 8.78 Å². The van der Waals surface area contributed by atoms with Crippen molar-refractivity contribution >= 4 is 22.5 Å². The number of alkyl halides is 2. The fraction of sp³-hybridized carbons (Fsp3) is 0.400. The van der Waals surface area contributed by atoms with E-state index in [1.54, 1.807) is 19.1 Å². The number of aromatic nitrogens is 1. The van der Waals surface area contributed by atoms with Crippen LogP contribution in [0.3, 0.4) is 0 Å². The van der Waals surface area contributed by atoms with Crippen LogP contribution < -0.4 is 4.74 Å². The Morgan fingerprint density at radius 1 is 1.41 bits per heavy atom. The van der Waals surface area contributed by atoms with E-state index in [9.17, 15) is 13.9 Å². The lowest BCUT2D eigenvalue weighted by molar-refractivity contribution is -0.185. The molecule has 0 aliphatic carbocycles. The van der Waals surface area contributed by atoms with Gasteiger partial charge in [0.15, 0.2) is 0 Å². The Kier molecular flexibility index (Phi) is 3.92. The second kappa shape index (κ2) is 5.61. The van der Waals surface area contributed by atoms with Crippen LogP contribution in [0.25, 0.3) is 10.9 Å². The molecule has 2 heterocycles. The minimum absolute atomic E-state index is 0.0838. The summed E-state index contributed by atoms with van der Waals surface area (Å²) in [5.41, 5.74) is 0.372. The van der Waals surface area contributed by atoms with E-state index in [4.69, 9.17) is 21.1 Å². The molecule has 1 fully saturated rings. The number of rotatable bonds is 4. The van der Waals surface area contributed by atoms with E-state index in [1.807, 2.05) is 0 Å². The highest BCUT2D eigenvalue weighted by Crippen LogP contribution is 2.39. The van der Waals surface area contributed by atoms with Gasteiger partial charge < -0.3 is 14.6 Å². The zero-order valence-electron chi connectivity index (χ0n) is 11.8. The van der Waals surface area contributed by atoms with Crippen molar-refractivity contribution in [1.82, 2.24) is 4.98 Å². The minimum atomic E-state index is -2.61. The minimum Gasteiger partial charge on any atom is -0.487 e. The van der Waals surface area contributed by atoms with E-state index >= 15 is 0 Å². The fourth-order valence-corrected chi connectivity index (χ4v) is 2.73. The van der Waals surface area contributed by atoms with Gasteiger partial charge in [0.1, 0.15) is 18.0 Å². The predicted molar refractivity (Wildman–Crippen MR) is 77.7 cm³/mol. The third-order valence-corrected chi connectivity index (χ3v) is 3.85. The van der Waals surface area contributed by atoms with Crippen molar-refractivity contribution < 1.29 is 23.4 Å². The van der Waals surface area contributed by atoms with Crippen LogP contribution in [0.5, 0.6) is 5.75 Å². The third-order valence-electron chi connectivity index (χ3n) is 3.54. The molecule has 1 saturated heterocycles. The molecule has 0 spiro atoms. The maximum absolute atomic E-state index is 12.4. The number of pyridine rings is 1. The van der Waals surface area contributed by atoms with E-state index in [0.29, 0.717) is 27.2 Å². The largest absolute Gasteiger partial charge is 0.487 e. The van der Waals surface area contributed by atoms with Crippen LogP contribution in [0.15, 0.2) is 18.2 Å². The van der Waals surface area contributed by atoms with E-state index in [0.717, 1.165) is 0 Å². The normalized spacial score (nSPS) is 16.8. The molecule has 0 saturated carbocycles. The summed E-state index contributed by atoms with van der Waals surface area (Å²) in [6.07, 6.45) is -2.61. The summed E-state index contributed by atoms with van der Waals surface area (Å²) in [6, 6.07) is 4.87. The van der Waals surface area contributed by atoms with Crippen LogP contribution in [0.4, 0.5) is 8.78 Å². The molecule has 1 N–H and O–H groups in total. The standard InChI is InChI=1S/C15H14ClF2NO3/c1-8-2-11(16)9-3-10(15(20)6-21-7-15)13(4-12(9)19-8)22-5-14(17)18/h2-4,14,20H,5-7H2,1H3. The van der Waals surface area contributed by atoms with E-state index in [1.165, 1.54) is 6.07 Å². The Morgan fingerprint density at radius 3 is 2.73 bits per heavy atom. The lowest BCUT2D eigenvalue weighted by Gasteiger charge is -2.37. The highest BCUT2D eigenvalue weighted by Gasteiger charge is 2.41. The van der Waals surface area contributed by atoms with Crippen LogP contribution in [0, 0.1) is 6.92 Å². The number of aryl methyl sites for hydroxylation is 1. The van der Waals surface area contributed by atoms with Crippen LogP contribution in [-0.2, 0) is 10.3 Å². The molecule has 1 aromatic heterocycles. The van der Waals surface area contributed by atoms with Crippen molar-refractivity contribution in [2.75, 3.05) is 19.8 Å². The van der Waals surface area contributed by atoms with E-state index < -0.39 is 18.6 Å². The zero-order chi connectivity index (χ0) is 15.9. The van der Waals surface area contributed by atoms with Crippen molar-refractivity contribution in [2.24, 2.45) is 0 Å². The molecule has 7 heteroatoms. The molecule has 0 atom stereocenters. The number of hydrogen-bond acceptors (Lipinski definition) is 4. The highest BCUT2D eigenvalue weighted by atomic mass is 35.5. The molecule has 3 rings (SSSR count). The first kappa shape index (κ1) is 15.4. The molecule has 0 bridgehead atoms. The predicted octanol–water partition coefficient (Wildman–Crippen LogP) is 3.06. The summed E-state index contributed by atoms with van der Waals surface area (Å²) in [5.74, 6) is 0.174. The Bertz CT molecular complexity index is 719. The molecule has 0 amide bonds. The van der Waals surface area contributed by atoms with Crippen LogP contribution in [0.1, 0.15) is 11.3 Å². The van der Waals surface area contributed by atoms with Crippen LogP contribution in [-0.4, -0.2) is 36.3 Å². The van der Waals surface area contributed by atoms with Gasteiger partial charge in [0.25, 0.3) is 6.43 Å². The summed E-state index contributed by atoms with van der Waals surface area (Å²) >= 11 is 6.21. The Morgan fingerprint density at radius 2 is 2.14 bits per heavy atom. The van der Waals surface area contributed by atoms with E-state index in [-0.39, 0.29) is 19.0 Å². The Hall–Kier alpha value is -1.50. The van der Waals surface area contributed by atoms with E-state index in [2.05, 4.69) is 4.98 Å². The number of halogens is 3. The molecular weight excluding hydrogens is 316 g/mol. The van der Waals surface area contributed by atoms with Gasteiger partial charge >= 0.3 is 0 Å². The molecule has 0 radical (unpaired) electrons. The van der Waals surface area contributed by atoms with Gasteiger partial charge in [0, 0.05) is 22.7 Å². The molecule has 1 aliphatic heterocycles. The van der Waals surface area contributed by atoms with Crippen molar-refractivity contribution in [1.29, 1.82) is 0 Å². The number of ether oxygens (including phenoxy) is 2. The molecule has 1 aliphatic rings. The maximum atomic E-state index is 12.4. The topological polar surface area (TPSA) is 51.6 Å². The number of aliphatic hydroxyl groups is 1. The first-order chi connectivity index (χ1) is 10.4. The van der Waals surface area contributed by atoms with Gasteiger partial charge in [-0.15, -0.1) is 0 Å². The van der Waals surface area contributed by atoms with Crippen molar-refractivity contribution in [3.05, 3.63) is 34.5 Å². The van der Waals surface area contributed by atoms with Gasteiger partial charge in [-0.1, -0.05) is 11.6 Å². The van der Waals surface area contributed by atoms with Gasteiger partial charge in [-0.2, -0.15) is 0 Å². The second-order valence-electron chi connectivity index (χ2n) is 5.34. The summed E-state index contributed by atoms with van der Waals surface area (Å²) in [7, 11) is 0. The molecule has 1 aromatic carbocycles. The average molecular weight is 330 g/mol. The van der Waals surface area contributed by atoms with Crippen molar-refractivity contribution in [3.8, 4) is 5.75 Å². The smallest absolute Gasteiger partial charge is 0.272 e. The van der Waals surface area contributed by atoms with Gasteiger partial charge in [0.2, 0.25) is 0 Å². The quantitative estimate of drug-likeness (QED) is 0.936. The molecule has 22 heavy (non-hydrogen) atoms. The van der Waals surface area contributed by atoms with Gasteiger partial charge in [-0.05, 0) is 19.1 Å². The Labute approximate surface area is 130 Å². The lowest BCUT2D eigenvalue weighted by Crippen LogP contribution is -2.46. The Balaban J connectivity index is 2.14. The lowest BCUT2D eigenvalue weighted by atomic mass is 9.90. The first-order valence-electron chi connectivity index (χ1n) is 6.71. The number of nitrogens with zero attached hydrogens (tertiary/aromatic N) is 1. The van der Waals surface area contributed by atoms with Gasteiger partial charge in [0.05, 0.1) is 23.8 Å². The number of fused-ring (bicyclic) bond motifs is 1. The van der Waals surface area contributed by atoms with Crippen molar-refractivity contribution in [2.45, 2.75) is 19.0 Å². The monoisotopic (exact) mass is 329 g/mol. The summed E-state index contributed by atoms with van der Waals surface area (Å²) in [4.78, 5) is 4.33. The first-order valence-corrected chi connectivity index (χ1v) is 7.09. The molecule has 4 nitrogen and oxygen atoms in total. The number of hydrogen-bond donors (Lipinski definition) is 1. The summed E-state index contributed by atoms with van der Waals surface area (Å²) in [5, 5.41) is 11.6. The fourth-order valence-electron chi connectivity index (χ4n) is 2.42. The summed E-state index contributed by atoms with van der Waals surface area (Å²) < 4.78 is 35.1. The van der Waals surface area contributed by atoms with Crippen LogP contribution >= 0.6 is 11.6 Å². The molecular formula is C15H14ClF2NO3. The molecule has 118 valence electrons. The van der Waals surface area contributed by atoms with Crippen molar-refractivity contribution in [3.63, 3.8) is 0 Å². The average Bonchev–Trinajstić information content (AvgIpc) is 2.41. The highest BCUT2D eigenvalue weighted by molar-refractivity contribution is 6.35. The number of benzene rings is 1. The molecule has 0 unspecified atom stereocenters. The maximum Gasteiger partial charge on any atom is 0.272 e. The SMILES string of the molecule is Cc1cc(Cl)c2cc(C3(O)COC3)c(OCC(F)F)cc2n1. The summed E-state index contributed by atoms with van der Waals surface area (Å²) in [6.45, 7) is 1.20. The molecule has 2 aromatic rings. The third kappa shape index (κ3) is 2.74. The van der Waals surface area contributed by atoms with Crippen LogP contribution in [0.2, 0.25) is 5.02 Å².